The molecule has 0 fully saturated rings. The average molecular weight is 325 g/mol. The number of fused-ring (bicyclic) bond motifs is 1. The van der Waals surface area contributed by atoms with Crippen molar-refractivity contribution in [2.24, 2.45) is 0 Å². The van der Waals surface area contributed by atoms with E-state index in [0.717, 1.165) is 33.3 Å². The molecule has 3 aromatic carbocycles. The molecule has 25 heavy (non-hydrogen) atoms. The van der Waals surface area contributed by atoms with Crippen LogP contribution in [-0.4, -0.2) is 10.5 Å². The second-order valence-electron chi connectivity index (χ2n) is 6.33. The predicted octanol–water partition coefficient (Wildman–Crippen LogP) is 5.94. The first kappa shape index (κ1) is 15.4. The number of aryl methyl sites for hydroxylation is 1. The van der Waals surface area contributed by atoms with E-state index in [0.29, 0.717) is 0 Å². The van der Waals surface area contributed by atoms with Crippen LogP contribution in [-0.2, 0) is 0 Å². The van der Waals surface area contributed by atoms with Crippen LogP contribution in [0.2, 0.25) is 0 Å². The van der Waals surface area contributed by atoms with Gasteiger partial charge in [-0.25, -0.2) is 0 Å². The fourth-order valence-electron chi connectivity index (χ4n) is 3.50. The Morgan fingerprint density at radius 2 is 1.40 bits per heavy atom. The maximum atomic E-state index is 12.5. The number of carbonyl (C=O) groups excluding carboxylic acids is 1. The van der Waals surface area contributed by atoms with Crippen molar-refractivity contribution >= 4 is 16.8 Å². The lowest BCUT2D eigenvalue weighted by Gasteiger charge is -2.10. The van der Waals surface area contributed by atoms with Gasteiger partial charge >= 0.3 is 0 Å². The van der Waals surface area contributed by atoms with Gasteiger partial charge in [0.2, 0.25) is 5.91 Å². The summed E-state index contributed by atoms with van der Waals surface area (Å²) in [5.74, 6) is 0.0230. The minimum atomic E-state index is 0.0230. The topological polar surface area (TPSA) is 22.0 Å². The number of aromatic nitrogens is 1. The molecular weight excluding hydrogens is 306 g/mol. The standard InChI is InChI=1S/C23H19NO/c1-16-13-14-21-20(15-16)22(18-9-5-3-6-10-18)23(24(21)17(2)25)19-11-7-4-8-12-19/h3-15H,1-2H3. The molecule has 1 heterocycles. The number of carbonyl (C=O) groups is 1. The van der Waals surface area contributed by atoms with Crippen LogP contribution in [0.4, 0.5) is 0 Å². The fourth-order valence-corrected chi connectivity index (χ4v) is 3.50. The van der Waals surface area contributed by atoms with Crippen molar-refractivity contribution in [1.82, 2.24) is 4.57 Å². The first-order chi connectivity index (χ1) is 12.2. The van der Waals surface area contributed by atoms with Crippen LogP contribution in [0.25, 0.3) is 33.3 Å². The molecular formula is C23H19NO. The Morgan fingerprint density at radius 3 is 2.00 bits per heavy atom. The smallest absolute Gasteiger partial charge is 0.228 e. The number of hydrogen-bond acceptors (Lipinski definition) is 1. The van der Waals surface area contributed by atoms with E-state index in [4.69, 9.17) is 0 Å². The van der Waals surface area contributed by atoms with E-state index in [1.165, 1.54) is 5.56 Å². The molecule has 4 rings (SSSR count). The molecule has 0 spiro atoms. The largest absolute Gasteiger partial charge is 0.279 e. The summed E-state index contributed by atoms with van der Waals surface area (Å²) >= 11 is 0. The molecule has 0 amide bonds. The van der Waals surface area contributed by atoms with Gasteiger partial charge in [0.15, 0.2) is 0 Å². The van der Waals surface area contributed by atoms with Crippen molar-refractivity contribution in [3.63, 3.8) is 0 Å². The van der Waals surface area contributed by atoms with Gasteiger partial charge in [0, 0.05) is 17.9 Å². The van der Waals surface area contributed by atoms with Gasteiger partial charge in [-0.1, -0.05) is 72.3 Å². The van der Waals surface area contributed by atoms with Crippen LogP contribution in [0.5, 0.6) is 0 Å². The molecule has 1 aromatic heterocycles. The monoisotopic (exact) mass is 325 g/mol. The number of rotatable bonds is 2. The summed E-state index contributed by atoms with van der Waals surface area (Å²) in [6.45, 7) is 3.71. The van der Waals surface area contributed by atoms with E-state index in [1.807, 2.05) is 47.0 Å². The van der Waals surface area contributed by atoms with E-state index in [2.05, 4.69) is 43.3 Å². The maximum absolute atomic E-state index is 12.5. The number of nitrogens with zero attached hydrogens (tertiary/aromatic N) is 1. The van der Waals surface area contributed by atoms with Gasteiger partial charge in [0.1, 0.15) is 0 Å². The first-order valence-electron chi connectivity index (χ1n) is 8.43. The zero-order chi connectivity index (χ0) is 17.4. The molecule has 0 N–H and O–H groups in total. The van der Waals surface area contributed by atoms with Crippen molar-refractivity contribution in [3.8, 4) is 22.4 Å². The highest BCUT2D eigenvalue weighted by atomic mass is 16.1. The summed E-state index contributed by atoms with van der Waals surface area (Å²) in [5.41, 5.74) is 6.38. The van der Waals surface area contributed by atoms with Crippen molar-refractivity contribution in [2.45, 2.75) is 13.8 Å². The Bertz CT molecular complexity index is 1060. The zero-order valence-electron chi connectivity index (χ0n) is 14.4. The lowest BCUT2D eigenvalue weighted by molar-refractivity contribution is 0.0943. The third-order valence-electron chi connectivity index (χ3n) is 4.55. The van der Waals surface area contributed by atoms with E-state index in [1.54, 1.807) is 6.92 Å². The highest BCUT2D eigenvalue weighted by molar-refractivity contribution is 6.09. The normalized spacial score (nSPS) is 11.0. The molecule has 0 saturated heterocycles. The van der Waals surface area contributed by atoms with E-state index < -0.39 is 0 Å². The molecule has 2 heteroatoms. The molecule has 0 aliphatic heterocycles. The molecule has 122 valence electrons. The van der Waals surface area contributed by atoms with Gasteiger partial charge in [-0.2, -0.15) is 0 Å². The minimum absolute atomic E-state index is 0.0230. The lowest BCUT2D eigenvalue weighted by atomic mass is 9.98. The number of hydrogen-bond donors (Lipinski definition) is 0. The quantitative estimate of drug-likeness (QED) is 0.447. The first-order valence-corrected chi connectivity index (χ1v) is 8.43. The van der Waals surface area contributed by atoms with Gasteiger partial charge in [-0.05, 0) is 30.2 Å². The van der Waals surface area contributed by atoms with E-state index in [-0.39, 0.29) is 5.91 Å². The highest BCUT2D eigenvalue weighted by Gasteiger charge is 2.21. The molecule has 0 unspecified atom stereocenters. The van der Waals surface area contributed by atoms with Gasteiger partial charge in [0.25, 0.3) is 0 Å². The van der Waals surface area contributed by atoms with E-state index >= 15 is 0 Å². The summed E-state index contributed by atoms with van der Waals surface area (Å²) in [4.78, 5) is 12.5. The predicted molar refractivity (Wildman–Crippen MR) is 104 cm³/mol. The van der Waals surface area contributed by atoms with Crippen LogP contribution in [0, 0.1) is 6.92 Å². The van der Waals surface area contributed by atoms with Crippen LogP contribution in [0.1, 0.15) is 17.3 Å². The van der Waals surface area contributed by atoms with Crippen molar-refractivity contribution < 1.29 is 4.79 Å². The third-order valence-corrected chi connectivity index (χ3v) is 4.55. The molecule has 0 aliphatic rings. The minimum Gasteiger partial charge on any atom is -0.279 e. The molecule has 2 nitrogen and oxygen atoms in total. The van der Waals surface area contributed by atoms with Crippen LogP contribution >= 0.6 is 0 Å². The maximum Gasteiger partial charge on any atom is 0.228 e. The third kappa shape index (κ3) is 2.56. The summed E-state index contributed by atoms with van der Waals surface area (Å²) in [5, 5.41) is 1.11. The Hall–Kier alpha value is -3.13. The van der Waals surface area contributed by atoms with Crippen molar-refractivity contribution in [2.75, 3.05) is 0 Å². The molecule has 0 radical (unpaired) electrons. The van der Waals surface area contributed by atoms with Crippen LogP contribution < -0.4 is 0 Å². The van der Waals surface area contributed by atoms with Gasteiger partial charge in [0.05, 0.1) is 11.2 Å². The van der Waals surface area contributed by atoms with Crippen LogP contribution in [0.3, 0.4) is 0 Å². The van der Waals surface area contributed by atoms with Crippen molar-refractivity contribution in [3.05, 3.63) is 84.4 Å². The molecule has 0 atom stereocenters. The van der Waals surface area contributed by atoms with Gasteiger partial charge in [-0.3, -0.25) is 9.36 Å². The summed E-state index contributed by atoms with van der Waals surface area (Å²) in [6.07, 6.45) is 0. The van der Waals surface area contributed by atoms with Crippen molar-refractivity contribution in [1.29, 1.82) is 0 Å². The fraction of sp³-hybridized carbons (Fsp3) is 0.0870. The Balaban J connectivity index is 2.21. The Morgan fingerprint density at radius 1 is 0.800 bits per heavy atom. The lowest BCUT2D eigenvalue weighted by Crippen LogP contribution is -2.07. The molecule has 0 aliphatic carbocycles. The Labute approximate surface area is 147 Å². The van der Waals surface area contributed by atoms with Gasteiger partial charge in [-0.15, -0.1) is 0 Å². The molecule has 4 aromatic rings. The summed E-state index contributed by atoms with van der Waals surface area (Å²) in [6, 6.07) is 26.7. The molecule has 0 saturated carbocycles. The Kier molecular flexibility index (Phi) is 3.73. The highest BCUT2D eigenvalue weighted by Crippen LogP contribution is 2.41. The molecule has 0 bridgehead atoms. The second kappa shape index (κ2) is 6.06. The zero-order valence-corrected chi connectivity index (χ0v) is 14.4. The summed E-state index contributed by atoms with van der Waals surface area (Å²) in [7, 11) is 0. The second-order valence-corrected chi connectivity index (χ2v) is 6.33. The van der Waals surface area contributed by atoms with Crippen LogP contribution in [0.15, 0.2) is 78.9 Å². The van der Waals surface area contributed by atoms with E-state index in [9.17, 15) is 4.79 Å². The average Bonchev–Trinajstić information content (AvgIpc) is 2.97. The van der Waals surface area contributed by atoms with Gasteiger partial charge < -0.3 is 0 Å². The SMILES string of the molecule is CC(=O)n1c(-c2ccccc2)c(-c2ccccc2)c2cc(C)ccc21. The summed E-state index contributed by atoms with van der Waals surface area (Å²) < 4.78 is 1.84. The number of benzene rings is 3.